The van der Waals surface area contributed by atoms with Crippen LogP contribution in [0.4, 0.5) is 13.2 Å². The molecule has 5 heteroatoms. The van der Waals surface area contributed by atoms with Gasteiger partial charge in [0.25, 0.3) is 0 Å². The largest absolute Gasteiger partial charge is 0.417 e. The number of hydrogen-bond acceptors (Lipinski definition) is 1. The Morgan fingerprint density at radius 1 is 1.00 bits per heavy atom. The summed E-state index contributed by atoms with van der Waals surface area (Å²) in [6, 6.07) is 7.81. The predicted octanol–water partition coefficient (Wildman–Crippen LogP) is 2.96. The second kappa shape index (κ2) is 3.76. The normalized spacial score (nSPS) is 11.7. The molecular weight excluding hydrogens is 231 g/mol. The number of benzene rings is 2. The smallest absolute Gasteiger partial charge is 0.366 e. The molecule has 0 unspecified atom stereocenters. The van der Waals surface area contributed by atoms with Crippen molar-refractivity contribution in [3.05, 3.63) is 47.5 Å². The number of carbonyl (C=O) groups is 1. The van der Waals surface area contributed by atoms with Gasteiger partial charge in [0.2, 0.25) is 5.91 Å². The highest BCUT2D eigenvalue weighted by Gasteiger charge is 2.32. The van der Waals surface area contributed by atoms with Gasteiger partial charge in [0.15, 0.2) is 0 Å². The molecule has 2 aromatic rings. The van der Waals surface area contributed by atoms with E-state index in [9.17, 15) is 18.0 Å². The quantitative estimate of drug-likeness (QED) is 0.816. The average molecular weight is 239 g/mol. The molecule has 2 aromatic carbocycles. The summed E-state index contributed by atoms with van der Waals surface area (Å²) >= 11 is 0. The van der Waals surface area contributed by atoms with Crippen LogP contribution in [0.3, 0.4) is 0 Å². The summed E-state index contributed by atoms with van der Waals surface area (Å²) in [7, 11) is 0. The van der Waals surface area contributed by atoms with E-state index in [-0.39, 0.29) is 16.3 Å². The highest BCUT2D eigenvalue weighted by atomic mass is 19.4. The Morgan fingerprint density at radius 2 is 1.59 bits per heavy atom. The van der Waals surface area contributed by atoms with Crippen molar-refractivity contribution in [3.8, 4) is 0 Å². The summed E-state index contributed by atoms with van der Waals surface area (Å²) in [6.45, 7) is 0. The lowest BCUT2D eigenvalue weighted by Gasteiger charge is -2.12. The van der Waals surface area contributed by atoms with E-state index in [2.05, 4.69) is 0 Å². The molecule has 2 N–H and O–H groups in total. The molecule has 17 heavy (non-hydrogen) atoms. The third-order valence-corrected chi connectivity index (χ3v) is 2.49. The molecule has 0 radical (unpaired) electrons. The molecule has 88 valence electrons. The number of alkyl halides is 3. The number of hydrogen-bond donors (Lipinski definition) is 1. The van der Waals surface area contributed by atoms with Gasteiger partial charge in [-0.1, -0.05) is 24.3 Å². The first-order chi connectivity index (χ1) is 7.91. The fourth-order valence-electron chi connectivity index (χ4n) is 1.76. The summed E-state index contributed by atoms with van der Waals surface area (Å²) in [6.07, 6.45) is -4.45. The van der Waals surface area contributed by atoms with Crippen LogP contribution in [0.1, 0.15) is 15.9 Å². The van der Waals surface area contributed by atoms with Crippen molar-refractivity contribution in [1.82, 2.24) is 0 Å². The third kappa shape index (κ3) is 1.95. The summed E-state index contributed by atoms with van der Waals surface area (Å²) in [5.74, 6) is -0.741. The Kier molecular flexibility index (Phi) is 2.53. The van der Waals surface area contributed by atoms with Crippen LogP contribution in [-0.2, 0) is 6.18 Å². The van der Waals surface area contributed by atoms with Crippen molar-refractivity contribution < 1.29 is 18.0 Å². The maximum atomic E-state index is 12.7. The maximum Gasteiger partial charge on any atom is 0.417 e. The molecule has 0 aliphatic heterocycles. The molecule has 0 atom stereocenters. The lowest BCUT2D eigenvalue weighted by atomic mass is 9.99. The van der Waals surface area contributed by atoms with Crippen LogP contribution in [0.5, 0.6) is 0 Å². The van der Waals surface area contributed by atoms with Crippen molar-refractivity contribution >= 4 is 16.7 Å². The summed E-state index contributed by atoms with van der Waals surface area (Å²) in [4.78, 5) is 11.1. The predicted molar refractivity (Wildman–Crippen MR) is 57.5 cm³/mol. The molecule has 2 rings (SSSR count). The number of fused-ring (bicyclic) bond motifs is 1. The van der Waals surface area contributed by atoms with E-state index in [4.69, 9.17) is 5.73 Å². The Bertz CT molecular complexity index is 590. The molecule has 0 saturated carbocycles. The first-order valence-corrected chi connectivity index (χ1v) is 4.80. The molecule has 0 heterocycles. The SMILES string of the molecule is NC(=O)c1ccc(C(F)(F)F)c2ccccc12. The van der Waals surface area contributed by atoms with Crippen LogP contribution in [0, 0.1) is 0 Å². The van der Waals surface area contributed by atoms with E-state index in [0.717, 1.165) is 12.1 Å². The van der Waals surface area contributed by atoms with Gasteiger partial charge in [-0.2, -0.15) is 13.2 Å². The van der Waals surface area contributed by atoms with Gasteiger partial charge in [-0.25, -0.2) is 0 Å². The monoisotopic (exact) mass is 239 g/mol. The van der Waals surface area contributed by atoms with Crippen LogP contribution < -0.4 is 5.73 Å². The molecule has 2 nitrogen and oxygen atoms in total. The number of amides is 1. The number of nitrogens with two attached hydrogens (primary N) is 1. The lowest BCUT2D eigenvalue weighted by molar-refractivity contribution is -0.136. The zero-order valence-electron chi connectivity index (χ0n) is 8.58. The van der Waals surface area contributed by atoms with Crippen molar-refractivity contribution in [2.75, 3.05) is 0 Å². The van der Waals surface area contributed by atoms with Crippen LogP contribution in [0.2, 0.25) is 0 Å². The van der Waals surface area contributed by atoms with E-state index < -0.39 is 17.6 Å². The van der Waals surface area contributed by atoms with E-state index in [1.165, 1.54) is 18.2 Å². The fraction of sp³-hybridized carbons (Fsp3) is 0.0833. The minimum absolute atomic E-state index is 0.0173. The molecule has 0 aromatic heterocycles. The van der Waals surface area contributed by atoms with Crippen molar-refractivity contribution in [3.63, 3.8) is 0 Å². The van der Waals surface area contributed by atoms with E-state index in [1.54, 1.807) is 6.07 Å². The molecule has 0 spiro atoms. The van der Waals surface area contributed by atoms with Crippen molar-refractivity contribution in [2.45, 2.75) is 6.18 Å². The molecule has 0 aliphatic carbocycles. The summed E-state index contributed by atoms with van der Waals surface area (Å²) < 4.78 is 38.2. The maximum absolute atomic E-state index is 12.7. The Balaban J connectivity index is 2.85. The number of primary amides is 1. The van der Waals surface area contributed by atoms with Gasteiger partial charge in [0.1, 0.15) is 0 Å². The van der Waals surface area contributed by atoms with Gasteiger partial charge in [-0.15, -0.1) is 0 Å². The van der Waals surface area contributed by atoms with Gasteiger partial charge >= 0.3 is 6.18 Å². The Labute approximate surface area is 94.8 Å². The molecule has 0 aliphatic rings. The number of carbonyl (C=O) groups excluding carboxylic acids is 1. The van der Waals surface area contributed by atoms with Crippen LogP contribution in [-0.4, -0.2) is 5.91 Å². The number of rotatable bonds is 1. The molecular formula is C12H8F3NO. The number of halogens is 3. The van der Waals surface area contributed by atoms with E-state index in [0.29, 0.717) is 0 Å². The summed E-state index contributed by atoms with van der Waals surface area (Å²) in [5, 5.41) is 0.200. The molecule has 0 fully saturated rings. The van der Waals surface area contributed by atoms with Gasteiger partial charge in [0.05, 0.1) is 5.56 Å². The highest BCUT2D eigenvalue weighted by molar-refractivity contribution is 6.07. The molecule has 0 saturated heterocycles. The standard InChI is InChI=1S/C12H8F3NO/c13-12(14,15)10-6-5-9(11(16)17)7-3-1-2-4-8(7)10/h1-6H,(H2,16,17). The average Bonchev–Trinajstić information content (AvgIpc) is 2.26. The fourth-order valence-corrected chi connectivity index (χ4v) is 1.76. The second-order valence-corrected chi connectivity index (χ2v) is 3.57. The van der Waals surface area contributed by atoms with Gasteiger partial charge in [-0.05, 0) is 22.9 Å². The zero-order valence-corrected chi connectivity index (χ0v) is 8.58. The van der Waals surface area contributed by atoms with E-state index in [1.807, 2.05) is 0 Å². The minimum Gasteiger partial charge on any atom is -0.366 e. The lowest BCUT2D eigenvalue weighted by Crippen LogP contribution is -2.13. The van der Waals surface area contributed by atoms with Crippen molar-refractivity contribution in [2.24, 2.45) is 5.73 Å². The summed E-state index contributed by atoms with van der Waals surface area (Å²) in [5.41, 5.74) is 4.44. The second-order valence-electron chi connectivity index (χ2n) is 3.57. The zero-order chi connectivity index (χ0) is 12.6. The topological polar surface area (TPSA) is 43.1 Å². The van der Waals surface area contributed by atoms with Crippen LogP contribution in [0.15, 0.2) is 36.4 Å². The molecule has 0 bridgehead atoms. The van der Waals surface area contributed by atoms with Crippen LogP contribution in [0.25, 0.3) is 10.8 Å². The Hall–Kier alpha value is -2.04. The molecule has 1 amide bonds. The van der Waals surface area contributed by atoms with Crippen LogP contribution >= 0.6 is 0 Å². The third-order valence-electron chi connectivity index (χ3n) is 2.49. The van der Waals surface area contributed by atoms with Gasteiger partial charge < -0.3 is 5.73 Å². The first kappa shape index (κ1) is 11.4. The first-order valence-electron chi connectivity index (χ1n) is 4.80. The minimum atomic E-state index is -4.45. The van der Waals surface area contributed by atoms with Gasteiger partial charge in [0, 0.05) is 5.56 Å². The van der Waals surface area contributed by atoms with E-state index >= 15 is 0 Å². The van der Waals surface area contributed by atoms with Gasteiger partial charge in [-0.3, -0.25) is 4.79 Å². The Morgan fingerprint density at radius 3 is 2.12 bits per heavy atom. The highest BCUT2D eigenvalue weighted by Crippen LogP contribution is 2.35. The van der Waals surface area contributed by atoms with Crippen molar-refractivity contribution in [1.29, 1.82) is 0 Å².